The number of benzene rings is 3. The number of para-hydroxylation sites is 1. The van der Waals surface area contributed by atoms with Gasteiger partial charge < -0.3 is 15.4 Å². The molecule has 7 heteroatoms. The molecule has 2 N–H and O–H groups in total. The van der Waals surface area contributed by atoms with Crippen LogP contribution in [0.25, 0.3) is 0 Å². The molecule has 5 nitrogen and oxygen atoms in total. The van der Waals surface area contributed by atoms with Gasteiger partial charge in [0.05, 0.1) is 23.4 Å². The second-order valence-corrected chi connectivity index (χ2v) is 6.90. The molecule has 0 saturated carbocycles. The normalized spacial score (nSPS) is 10.3. The number of amides is 2. The molecule has 0 fully saturated rings. The lowest BCUT2D eigenvalue weighted by Gasteiger charge is -2.12. The minimum atomic E-state index is -0.388. The second kappa shape index (κ2) is 9.84. The molecule has 148 valence electrons. The Balaban J connectivity index is 1.60. The van der Waals surface area contributed by atoms with Crippen molar-refractivity contribution in [3.63, 3.8) is 0 Å². The Kier molecular flexibility index (Phi) is 6.97. The number of carbonyl (C=O) groups excluding carboxylic acids is 2. The Hall–Kier alpha value is -3.19. The van der Waals surface area contributed by atoms with E-state index in [1.807, 2.05) is 6.07 Å². The smallest absolute Gasteiger partial charge is 0.256 e. The Morgan fingerprint density at radius 1 is 0.897 bits per heavy atom. The maximum Gasteiger partial charge on any atom is 0.256 e. The van der Waals surface area contributed by atoms with Gasteiger partial charge in [-0.25, -0.2) is 4.39 Å². The summed E-state index contributed by atoms with van der Waals surface area (Å²) >= 11 is 3.35. The standard InChI is InChI=1S/C22H18BrFN2O3/c23-19-10-3-1-8-17(19)22(28)26-20-11-4-2-9-18(20)21(27)25-12-13-29-16-7-5-6-15(24)14-16/h1-11,14H,12-13H2,(H,25,27)(H,26,28). The predicted octanol–water partition coefficient (Wildman–Crippen LogP) is 4.65. The maximum absolute atomic E-state index is 13.1. The van der Waals surface area contributed by atoms with Crippen molar-refractivity contribution in [2.75, 3.05) is 18.5 Å². The van der Waals surface area contributed by atoms with E-state index in [0.29, 0.717) is 27.0 Å². The number of rotatable bonds is 7. The summed E-state index contributed by atoms with van der Waals surface area (Å²) in [6.45, 7) is 0.405. The van der Waals surface area contributed by atoms with Crippen LogP contribution in [0.15, 0.2) is 77.3 Å². The molecule has 0 saturated heterocycles. The minimum Gasteiger partial charge on any atom is -0.492 e. The molecule has 0 aliphatic heterocycles. The monoisotopic (exact) mass is 456 g/mol. The van der Waals surface area contributed by atoms with Crippen LogP contribution in [-0.4, -0.2) is 25.0 Å². The van der Waals surface area contributed by atoms with Gasteiger partial charge in [-0.3, -0.25) is 9.59 Å². The summed E-state index contributed by atoms with van der Waals surface area (Å²) in [5, 5.41) is 5.50. The molecule has 3 rings (SSSR count). The molecule has 0 radical (unpaired) electrons. The first kappa shape index (κ1) is 20.5. The van der Waals surface area contributed by atoms with Crippen LogP contribution in [0.1, 0.15) is 20.7 Å². The van der Waals surface area contributed by atoms with Crippen LogP contribution in [0.2, 0.25) is 0 Å². The lowest BCUT2D eigenvalue weighted by molar-refractivity contribution is 0.0948. The van der Waals surface area contributed by atoms with Crippen LogP contribution in [0, 0.1) is 5.82 Å². The van der Waals surface area contributed by atoms with Gasteiger partial charge in [-0.1, -0.05) is 30.3 Å². The highest BCUT2D eigenvalue weighted by Crippen LogP contribution is 2.20. The third kappa shape index (κ3) is 5.65. The molecule has 0 unspecified atom stereocenters. The van der Waals surface area contributed by atoms with E-state index >= 15 is 0 Å². The summed E-state index contributed by atoms with van der Waals surface area (Å²) in [6.07, 6.45) is 0. The summed E-state index contributed by atoms with van der Waals surface area (Å²) < 4.78 is 19.2. The minimum absolute atomic E-state index is 0.181. The van der Waals surface area contributed by atoms with Crippen molar-refractivity contribution in [2.45, 2.75) is 0 Å². The van der Waals surface area contributed by atoms with Crippen LogP contribution in [0.5, 0.6) is 5.75 Å². The number of hydrogen-bond acceptors (Lipinski definition) is 3. The predicted molar refractivity (Wildman–Crippen MR) is 113 cm³/mol. The molecule has 0 heterocycles. The molecule has 0 aliphatic carbocycles. The van der Waals surface area contributed by atoms with E-state index in [4.69, 9.17) is 4.74 Å². The van der Waals surface area contributed by atoms with Gasteiger partial charge >= 0.3 is 0 Å². The third-order valence-electron chi connectivity index (χ3n) is 3.99. The van der Waals surface area contributed by atoms with E-state index in [9.17, 15) is 14.0 Å². The first-order valence-electron chi connectivity index (χ1n) is 8.86. The highest BCUT2D eigenvalue weighted by molar-refractivity contribution is 9.10. The van der Waals surface area contributed by atoms with E-state index < -0.39 is 0 Å². The van der Waals surface area contributed by atoms with Crippen molar-refractivity contribution in [1.82, 2.24) is 5.32 Å². The highest BCUT2D eigenvalue weighted by Gasteiger charge is 2.15. The Bertz CT molecular complexity index is 1030. The van der Waals surface area contributed by atoms with Crippen molar-refractivity contribution in [2.24, 2.45) is 0 Å². The van der Waals surface area contributed by atoms with Crippen LogP contribution >= 0.6 is 15.9 Å². The Morgan fingerprint density at radius 3 is 2.38 bits per heavy atom. The topological polar surface area (TPSA) is 67.4 Å². The summed E-state index contributed by atoms with van der Waals surface area (Å²) in [7, 11) is 0. The molecular weight excluding hydrogens is 439 g/mol. The van der Waals surface area contributed by atoms with Crippen molar-refractivity contribution in [3.05, 3.63) is 94.2 Å². The highest BCUT2D eigenvalue weighted by atomic mass is 79.9. The average Bonchev–Trinajstić information content (AvgIpc) is 2.72. The van der Waals surface area contributed by atoms with E-state index in [1.165, 1.54) is 12.1 Å². The second-order valence-electron chi connectivity index (χ2n) is 6.04. The zero-order valence-corrected chi connectivity index (χ0v) is 16.9. The van der Waals surface area contributed by atoms with Gasteiger partial charge in [0.2, 0.25) is 0 Å². The molecule has 3 aromatic carbocycles. The fourth-order valence-corrected chi connectivity index (χ4v) is 3.08. The number of nitrogens with one attached hydrogen (secondary N) is 2. The molecule has 0 aliphatic rings. The molecule has 3 aromatic rings. The summed E-state index contributed by atoms with van der Waals surface area (Å²) in [5.41, 5.74) is 1.20. The lowest BCUT2D eigenvalue weighted by atomic mass is 10.1. The van der Waals surface area contributed by atoms with Gasteiger partial charge in [0.1, 0.15) is 18.2 Å². The first-order valence-corrected chi connectivity index (χ1v) is 9.65. The van der Waals surface area contributed by atoms with E-state index in [-0.39, 0.29) is 30.8 Å². The number of anilines is 1. The molecule has 0 aromatic heterocycles. The van der Waals surface area contributed by atoms with Crippen molar-refractivity contribution < 1.29 is 18.7 Å². The van der Waals surface area contributed by atoms with Crippen molar-refractivity contribution >= 4 is 33.4 Å². The van der Waals surface area contributed by atoms with Gasteiger partial charge in [0.15, 0.2) is 0 Å². The van der Waals surface area contributed by atoms with Gasteiger partial charge in [-0.2, -0.15) is 0 Å². The largest absolute Gasteiger partial charge is 0.492 e. The van der Waals surface area contributed by atoms with Gasteiger partial charge in [-0.05, 0) is 52.3 Å². The van der Waals surface area contributed by atoms with Gasteiger partial charge in [0, 0.05) is 10.5 Å². The third-order valence-corrected chi connectivity index (χ3v) is 4.68. The quantitative estimate of drug-likeness (QED) is 0.508. The summed E-state index contributed by atoms with van der Waals surface area (Å²) in [4.78, 5) is 25.1. The summed E-state index contributed by atoms with van der Waals surface area (Å²) in [5.74, 6) is -0.676. The molecule has 0 spiro atoms. The first-order chi connectivity index (χ1) is 14.0. The molecule has 0 bridgehead atoms. The molecule has 29 heavy (non-hydrogen) atoms. The Morgan fingerprint density at radius 2 is 1.62 bits per heavy atom. The van der Waals surface area contributed by atoms with Crippen LogP contribution < -0.4 is 15.4 Å². The van der Waals surface area contributed by atoms with Gasteiger partial charge in [0.25, 0.3) is 11.8 Å². The fourth-order valence-electron chi connectivity index (χ4n) is 2.61. The molecule has 2 amide bonds. The SMILES string of the molecule is O=C(Nc1ccccc1C(=O)NCCOc1cccc(F)c1)c1ccccc1Br. The van der Waals surface area contributed by atoms with Gasteiger partial charge in [-0.15, -0.1) is 0 Å². The van der Waals surface area contributed by atoms with E-state index in [0.717, 1.165) is 0 Å². The fraction of sp³-hybridized carbons (Fsp3) is 0.0909. The maximum atomic E-state index is 13.1. The number of ether oxygens (including phenoxy) is 1. The lowest BCUT2D eigenvalue weighted by Crippen LogP contribution is -2.29. The van der Waals surface area contributed by atoms with E-state index in [2.05, 4.69) is 26.6 Å². The summed E-state index contributed by atoms with van der Waals surface area (Å²) in [6, 6.07) is 19.5. The molecular formula is C22H18BrFN2O3. The Labute approximate surface area is 176 Å². The van der Waals surface area contributed by atoms with Crippen LogP contribution in [0.3, 0.4) is 0 Å². The zero-order chi connectivity index (χ0) is 20.6. The number of hydrogen-bond donors (Lipinski definition) is 2. The van der Waals surface area contributed by atoms with Crippen LogP contribution in [-0.2, 0) is 0 Å². The van der Waals surface area contributed by atoms with Crippen molar-refractivity contribution in [3.8, 4) is 5.75 Å². The van der Waals surface area contributed by atoms with Crippen LogP contribution in [0.4, 0.5) is 10.1 Å². The van der Waals surface area contributed by atoms with E-state index in [1.54, 1.807) is 54.6 Å². The number of carbonyl (C=O) groups is 2. The van der Waals surface area contributed by atoms with Crippen molar-refractivity contribution in [1.29, 1.82) is 0 Å². The zero-order valence-electron chi connectivity index (χ0n) is 15.3. The number of halogens is 2. The molecule has 0 atom stereocenters. The average molecular weight is 457 g/mol.